The normalized spacial score (nSPS) is 21.7. The Kier molecular flexibility index (Phi) is 7.87. The van der Waals surface area contributed by atoms with Crippen molar-refractivity contribution in [1.29, 1.82) is 0 Å². The van der Waals surface area contributed by atoms with Gasteiger partial charge in [-0.05, 0) is 68.2 Å². The zero-order valence-corrected chi connectivity index (χ0v) is 19.5. The smallest absolute Gasteiger partial charge is 0.217 e. The summed E-state index contributed by atoms with van der Waals surface area (Å²) in [7, 11) is 0. The molecule has 1 aliphatic heterocycles. The maximum Gasteiger partial charge on any atom is 0.217 e. The third-order valence-electron chi connectivity index (χ3n) is 6.45. The van der Waals surface area contributed by atoms with E-state index in [1.54, 1.807) is 13.1 Å². The summed E-state index contributed by atoms with van der Waals surface area (Å²) in [6.07, 6.45) is 7.95. The molecule has 6 nitrogen and oxygen atoms in total. The van der Waals surface area contributed by atoms with Crippen LogP contribution in [0.4, 0.5) is 11.5 Å². The Bertz CT molecular complexity index is 909. The van der Waals surface area contributed by atoms with Gasteiger partial charge < -0.3 is 20.7 Å². The van der Waals surface area contributed by atoms with Gasteiger partial charge in [-0.1, -0.05) is 23.7 Å². The number of halogens is 1. The molecule has 1 saturated heterocycles. The lowest BCUT2D eigenvalue weighted by Gasteiger charge is -2.29. The molecule has 2 aromatic rings. The zero-order valence-electron chi connectivity index (χ0n) is 18.7. The van der Waals surface area contributed by atoms with E-state index < -0.39 is 0 Å². The molecule has 1 amide bonds. The SMILES string of the molecule is CC(=O)NC1CCC(Nc2cc(-c3cccc(NCC4CCOCC4)c3)c(Cl)cn2)CC1. The highest BCUT2D eigenvalue weighted by Crippen LogP contribution is 2.32. The lowest BCUT2D eigenvalue weighted by molar-refractivity contribution is -0.119. The number of nitrogens with zero attached hydrogens (tertiary/aromatic N) is 1. The first kappa shape index (κ1) is 22.9. The second-order valence-corrected chi connectivity index (χ2v) is 9.37. The van der Waals surface area contributed by atoms with E-state index in [9.17, 15) is 4.79 Å². The molecule has 1 aliphatic carbocycles. The van der Waals surface area contributed by atoms with Gasteiger partial charge in [0.25, 0.3) is 0 Å². The summed E-state index contributed by atoms with van der Waals surface area (Å²) in [4.78, 5) is 15.8. The van der Waals surface area contributed by atoms with Crippen LogP contribution >= 0.6 is 11.6 Å². The molecule has 0 unspecified atom stereocenters. The van der Waals surface area contributed by atoms with E-state index in [-0.39, 0.29) is 11.9 Å². The number of aromatic nitrogens is 1. The van der Waals surface area contributed by atoms with E-state index in [1.807, 2.05) is 6.07 Å². The number of ether oxygens (including phenoxy) is 1. The monoisotopic (exact) mass is 456 g/mol. The molecule has 0 bridgehead atoms. The maximum atomic E-state index is 11.3. The van der Waals surface area contributed by atoms with Gasteiger partial charge in [0, 0.05) is 56.2 Å². The van der Waals surface area contributed by atoms with Crippen LogP contribution in [-0.2, 0) is 9.53 Å². The summed E-state index contributed by atoms with van der Waals surface area (Å²) < 4.78 is 5.46. The lowest BCUT2D eigenvalue weighted by Crippen LogP contribution is -2.39. The summed E-state index contributed by atoms with van der Waals surface area (Å²) in [5.74, 6) is 1.55. The van der Waals surface area contributed by atoms with Crippen LogP contribution < -0.4 is 16.0 Å². The standard InChI is InChI=1S/C25H33ClN4O2/c1-17(31)29-20-5-7-21(8-6-20)30-25-14-23(24(26)16-28-25)19-3-2-4-22(13-19)27-15-18-9-11-32-12-10-18/h2-4,13-14,16,18,20-21,27H,5-12,15H2,1H3,(H,28,30)(H,29,31). The van der Waals surface area contributed by atoms with E-state index in [1.165, 1.54) is 0 Å². The van der Waals surface area contributed by atoms with Gasteiger partial charge >= 0.3 is 0 Å². The molecular weight excluding hydrogens is 424 g/mol. The van der Waals surface area contributed by atoms with Crippen molar-refractivity contribution in [2.24, 2.45) is 5.92 Å². The Hall–Kier alpha value is -2.31. The van der Waals surface area contributed by atoms with Gasteiger partial charge in [-0.25, -0.2) is 4.98 Å². The van der Waals surface area contributed by atoms with Crippen molar-refractivity contribution >= 4 is 29.0 Å². The number of amides is 1. The highest BCUT2D eigenvalue weighted by molar-refractivity contribution is 6.33. The number of hydrogen-bond acceptors (Lipinski definition) is 5. The molecule has 0 radical (unpaired) electrons. The number of rotatable bonds is 7. The fraction of sp³-hybridized carbons (Fsp3) is 0.520. The first-order valence-corrected chi connectivity index (χ1v) is 12.1. The number of carbonyl (C=O) groups is 1. The fourth-order valence-corrected chi connectivity index (χ4v) is 4.84. The molecule has 32 heavy (non-hydrogen) atoms. The Morgan fingerprint density at radius 3 is 2.59 bits per heavy atom. The Balaban J connectivity index is 1.38. The fourth-order valence-electron chi connectivity index (χ4n) is 4.63. The van der Waals surface area contributed by atoms with Gasteiger partial charge in [0.2, 0.25) is 5.91 Å². The van der Waals surface area contributed by atoms with Crippen molar-refractivity contribution in [3.05, 3.63) is 41.6 Å². The first-order valence-electron chi connectivity index (χ1n) is 11.7. The number of benzene rings is 1. The summed E-state index contributed by atoms with van der Waals surface area (Å²) in [5.41, 5.74) is 3.16. The molecule has 4 rings (SSSR count). The van der Waals surface area contributed by atoms with Crippen molar-refractivity contribution in [2.75, 3.05) is 30.4 Å². The second-order valence-electron chi connectivity index (χ2n) is 8.96. The highest BCUT2D eigenvalue weighted by atomic mass is 35.5. The topological polar surface area (TPSA) is 75.3 Å². The van der Waals surface area contributed by atoms with Crippen molar-refractivity contribution in [3.63, 3.8) is 0 Å². The summed E-state index contributed by atoms with van der Waals surface area (Å²) >= 11 is 6.53. The molecule has 2 heterocycles. The van der Waals surface area contributed by atoms with Gasteiger partial charge in [0.1, 0.15) is 5.82 Å². The number of anilines is 2. The van der Waals surface area contributed by atoms with Crippen LogP contribution in [0.5, 0.6) is 0 Å². The molecule has 1 aromatic carbocycles. The van der Waals surface area contributed by atoms with Crippen LogP contribution in [-0.4, -0.2) is 42.7 Å². The van der Waals surface area contributed by atoms with Crippen molar-refractivity contribution in [3.8, 4) is 11.1 Å². The number of pyridine rings is 1. The average molecular weight is 457 g/mol. The number of nitrogens with one attached hydrogen (secondary N) is 3. The van der Waals surface area contributed by atoms with E-state index in [0.717, 1.165) is 80.9 Å². The quantitative estimate of drug-likeness (QED) is 0.540. The predicted molar refractivity (Wildman–Crippen MR) is 130 cm³/mol. The predicted octanol–water partition coefficient (Wildman–Crippen LogP) is 5.10. The van der Waals surface area contributed by atoms with Crippen molar-refractivity contribution in [1.82, 2.24) is 10.3 Å². The molecule has 2 aliphatic rings. The minimum Gasteiger partial charge on any atom is -0.385 e. The molecule has 172 valence electrons. The largest absolute Gasteiger partial charge is 0.385 e. The molecule has 2 fully saturated rings. The van der Waals surface area contributed by atoms with E-state index >= 15 is 0 Å². The maximum absolute atomic E-state index is 11.3. The third-order valence-corrected chi connectivity index (χ3v) is 6.75. The number of hydrogen-bond donors (Lipinski definition) is 3. The molecule has 7 heteroatoms. The van der Waals surface area contributed by atoms with Gasteiger partial charge in [-0.3, -0.25) is 4.79 Å². The second kappa shape index (κ2) is 11.0. The molecular formula is C25H33ClN4O2. The average Bonchev–Trinajstić information content (AvgIpc) is 2.81. The molecule has 0 spiro atoms. The van der Waals surface area contributed by atoms with Crippen molar-refractivity contribution in [2.45, 2.75) is 57.5 Å². The molecule has 0 atom stereocenters. The van der Waals surface area contributed by atoms with Crippen LogP contribution in [0.25, 0.3) is 11.1 Å². The minimum atomic E-state index is 0.0508. The van der Waals surface area contributed by atoms with Crippen LogP contribution in [0.2, 0.25) is 5.02 Å². The summed E-state index contributed by atoms with van der Waals surface area (Å²) in [5, 5.41) is 10.8. The Morgan fingerprint density at radius 1 is 1.09 bits per heavy atom. The molecule has 1 aromatic heterocycles. The van der Waals surface area contributed by atoms with E-state index in [2.05, 4.69) is 45.2 Å². The van der Waals surface area contributed by atoms with Crippen molar-refractivity contribution < 1.29 is 9.53 Å². The van der Waals surface area contributed by atoms with Gasteiger partial charge in [0.15, 0.2) is 0 Å². The summed E-state index contributed by atoms with van der Waals surface area (Å²) in [6.45, 7) is 4.27. The van der Waals surface area contributed by atoms with E-state index in [4.69, 9.17) is 16.3 Å². The molecule has 3 N–H and O–H groups in total. The number of carbonyl (C=O) groups excluding carboxylic acids is 1. The Labute approximate surface area is 195 Å². The lowest BCUT2D eigenvalue weighted by atomic mass is 9.91. The minimum absolute atomic E-state index is 0.0508. The zero-order chi connectivity index (χ0) is 22.3. The third kappa shape index (κ3) is 6.36. The molecule has 1 saturated carbocycles. The van der Waals surface area contributed by atoms with Gasteiger partial charge in [-0.2, -0.15) is 0 Å². The Morgan fingerprint density at radius 2 is 1.84 bits per heavy atom. The van der Waals surface area contributed by atoms with E-state index in [0.29, 0.717) is 17.0 Å². The van der Waals surface area contributed by atoms with Crippen LogP contribution in [0.15, 0.2) is 36.5 Å². The van der Waals surface area contributed by atoms with Crippen LogP contribution in [0.1, 0.15) is 45.4 Å². The van der Waals surface area contributed by atoms with Gasteiger partial charge in [0.05, 0.1) is 5.02 Å². The van der Waals surface area contributed by atoms with Crippen LogP contribution in [0.3, 0.4) is 0 Å². The summed E-state index contributed by atoms with van der Waals surface area (Å²) in [6, 6.07) is 11.1. The van der Waals surface area contributed by atoms with Gasteiger partial charge in [-0.15, -0.1) is 0 Å². The first-order chi connectivity index (χ1) is 15.6. The van der Waals surface area contributed by atoms with Crippen LogP contribution in [0, 0.1) is 5.92 Å². The highest BCUT2D eigenvalue weighted by Gasteiger charge is 2.22.